The fraction of sp³-hybridized carbons (Fsp3) is 0.917. The van der Waals surface area contributed by atoms with Gasteiger partial charge in [-0.05, 0) is 56.8 Å². The van der Waals surface area contributed by atoms with E-state index in [4.69, 9.17) is 4.74 Å². The quantitative estimate of drug-likeness (QED) is 0.757. The molecule has 0 aliphatic heterocycles. The van der Waals surface area contributed by atoms with Crippen molar-refractivity contribution in [3.63, 3.8) is 0 Å². The lowest BCUT2D eigenvalue weighted by Crippen LogP contribution is -2.32. The lowest BCUT2D eigenvalue weighted by atomic mass is 10.0. The van der Waals surface area contributed by atoms with Crippen molar-refractivity contribution in [2.24, 2.45) is 23.7 Å². The van der Waals surface area contributed by atoms with Crippen molar-refractivity contribution in [2.45, 2.75) is 45.3 Å². The average Bonchev–Trinajstić information content (AvgIpc) is 2.58. The Balaban J connectivity index is 1.53. The zero-order valence-electron chi connectivity index (χ0n) is 9.40. The van der Waals surface area contributed by atoms with Gasteiger partial charge < -0.3 is 10.1 Å². The largest absolute Gasteiger partial charge is 0.447 e. The molecule has 0 aromatic heterocycles. The van der Waals surface area contributed by atoms with Crippen LogP contribution in [0.5, 0.6) is 0 Å². The van der Waals surface area contributed by atoms with Crippen LogP contribution in [0.15, 0.2) is 0 Å². The molecule has 3 rings (SSSR count). The zero-order chi connectivity index (χ0) is 10.6. The number of ether oxygens (including phenoxy) is 1. The van der Waals surface area contributed by atoms with Gasteiger partial charge in [0.15, 0.2) is 0 Å². The minimum Gasteiger partial charge on any atom is -0.447 e. The normalized spacial score (nSPS) is 45.4. The minimum absolute atomic E-state index is 0.0136. The highest BCUT2D eigenvalue weighted by atomic mass is 16.6. The molecule has 0 spiro atoms. The molecule has 0 saturated heterocycles. The van der Waals surface area contributed by atoms with Gasteiger partial charge in [0.1, 0.15) is 0 Å². The Morgan fingerprint density at radius 2 is 1.87 bits per heavy atom. The molecule has 0 aromatic rings. The number of nitrogens with one attached hydrogen (secondary N) is 1. The second-order valence-corrected chi connectivity index (χ2v) is 5.61. The first-order chi connectivity index (χ1) is 7.16. The van der Waals surface area contributed by atoms with Gasteiger partial charge in [-0.1, -0.05) is 0 Å². The van der Waals surface area contributed by atoms with E-state index in [1.807, 2.05) is 13.8 Å². The smallest absolute Gasteiger partial charge is 0.407 e. The van der Waals surface area contributed by atoms with E-state index in [0.717, 1.165) is 23.7 Å². The molecule has 1 N–H and O–H groups in total. The van der Waals surface area contributed by atoms with Crippen molar-refractivity contribution in [3.8, 4) is 0 Å². The maximum Gasteiger partial charge on any atom is 0.407 e. The zero-order valence-corrected chi connectivity index (χ0v) is 9.40. The van der Waals surface area contributed by atoms with Gasteiger partial charge >= 0.3 is 6.09 Å². The van der Waals surface area contributed by atoms with Gasteiger partial charge in [0.05, 0.1) is 6.10 Å². The van der Waals surface area contributed by atoms with E-state index in [1.165, 1.54) is 19.3 Å². The summed E-state index contributed by atoms with van der Waals surface area (Å²) in [4.78, 5) is 11.4. The third-order valence-corrected chi connectivity index (χ3v) is 4.36. The summed E-state index contributed by atoms with van der Waals surface area (Å²) in [6.45, 7) is 3.77. The Labute approximate surface area is 90.6 Å². The molecular formula is C12H19NO2. The average molecular weight is 209 g/mol. The Morgan fingerprint density at radius 3 is 2.40 bits per heavy atom. The standard InChI is InChI=1S/C12H19NO2/c1-6(2)15-12(14)13-11-9-7-3-4-8(5-7)10(9)11/h6-11H,3-5H2,1-2H3,(H,13,14). The molecule has 0 aromatic carbocycles. The molecule has 2 bridgehead atoms. The summed E-state index contributed by atoms with van der Waals surface area (Å²) in [5.41, 5.74) is 0. The molecule has 4 atom stereocenters. The second kappa shape index (κ2) is 3.13. The van der Waals surface area contributed by atoms with Crippen LogP contribution in [0.4, 0.5) is 4.79 Å². The van der Waals surface area contributed by atoms with Crippen molar-refractivity contribution in [2.75, 3.05) is 0 Å². The van der Waals surface area contributed by atoms with Gasteiger partial charge in [0.25, 0.3) is 0 Å². The highest BCUT2D eigenvalue weighted by Crippen LogP contribution is 2.65. The van der Waals surface area contributed by atoms with Crippen LogP contribution in [0.1, 0.15) is 33.1 Å². The number of rotatable bonds is 2. The predicted molar refractivity (Wildman–Crippen MR) is 56.4 cm³/mol. The summed E-state index contributed by atoms with van der Waals surface area (Å²) < 4.78 is 5.11. The lowest BCUT2D eigenvalue weighted by molar-refractivity contribution is 0.113. The van der Waals surface area contributed by atoms with E-state index < -0.39 is 0 Å². The third-order valence-electron chi connectivity index (χ3n) is 4.36. The van der Waals surface area contributed by atoms with Gasteiger partial charge in [0.2, 0.25) is 0 Å². The maximum atomic E-state index is 11.4. The summed E-state index contributed by atoms with van der Waals surface area (Å²) >= 11 is 0. The van der Waals surface area contributed by atoms with Crippen LogP contribution < -0.4 is 5.32 Å². The predicted octanol–water partition coefficient (Wildman–Crippen LogP) is 2.17. The van der Waals surface area contributed by atoms with Crippen molar-refractivity contribution >= 4 is 6.09 Å². The van der Waals surface area contributed by atoms with Gasteiger partial charge in [-0.2, -0.15) is 0 Å². The van der Waals surface area contributed by atoms with Crippen LogP contribution in [-0.2, 0) is 4.74 Å². The molecule has 3 aliphatic rings. The number of fused-ring (bicyclic) bond motifs is 5. The van der Waals surface area contributed by atoms with Crippen LogP contribution >= 0.6 is 0 Å². The van der Waals surface area contributed by atoms with E-state index in [0.29, 0.717) is 6.04 Å². The molecule has 84 valence electrons. The SMILES string of the molecule is CC(C)OC(=O)NC1C2C3CCC(C3)C12. The molecular weight excluding hydrogens is 190 g/mol. The Morgan fingerprint density at radius 1 is 1.27 bits per heavy atom. The molecule has 1 amide bonds. The molecule has 4 unspecified atom stereocenters. The van der Waals surface area contributed by atoms with Crippen LogP contribution in [-0.4, -0.2) is 18.2 Å². The summed E-state index contributed by atoms with van der Waals surface area (Å²) in [5, 5.41) is 3.03. The number of hydrogen-bond acceptors (Lipinski definition) is 2. The molecule has 3 nitrogen and oxygen atoms in total. The number of hydrogen-bond donors (Lipinski definition) is 1. The third kappa shape index (κ3) is 1.44. The second-order valence-electron chi connectivity index (χ2n) is 5.61. The minimum atomic E-state index is -0.219. The van der Waals surface area contributed by atoms with Crippen molar-refractivity contribution < 1.29 is 9.53 Å². The monoisotopic (exact) mass is 209 g/mol. The summed E-state index contributed by atoms with van der Waals surface area (Å²) in [7, 11) is 0. The number of carbonyl (C=O) groups is 1. The van der Waals surface area contributed by atoms with Gasteiger partial charge in [-0.3, -0.25) is 0 Å². The first-order valence-electron chi connectivity index (χ1n) is 6.14. The highest BCUT2D eigenvalue weighted by molar-refractivity contribution is 5.68. The number of alkyl carbamates (subject to hydrolysis) is 1. The van der Waals surface area contributed by atoms with Crippen LogP contribution in [0.3, 0.4) is 0 Å². The molecule has 0 heterocycles. The topological polar surface area (TPSA) is 38.3 Å². The molecule has 3 saturated carbocycles. The first-order valence-corrected chi connectivity index (χ1v) is 6.14. The van der Waals surface area contributed by atoms with E-state index in [1.54, 1.807) is 0 Å². The summed E-state index contributed by atoms with van der Waals surface area (Å²) in [6, 6.07) is 0.447. The Kier molecular flexibility index (Phi) is 1.98. The van der Waals surface area contributed by atoms with Crippen LogP contribution in [0.2, 0.25) is 0 Å². The van der Waals surface area contributed by atoms with E-state index in [9.17, 15) is 4.79 Å². The van der Waals surface area contributed by atoms with Gasteiger partial charge in [0, 0.05) is 6.04 Å². The fourth-order valence-electron chi connectivity index (χ4n) is 3.90. The number of amides is 1. The fourth-order valence-corrected chi connectivity index (χ4v) is 3.90. The maximum absolute atomic E-state index is 11.4. The summed E-state index contributed by atoms with van der Waals surface area (Å²) in [5.74, 6) is 3.40. The highest BCUT2D eigenvalue weighted by Gasteiger charge is 2.65. The van der Waals surface area contributed by atoms with E-state index in [-0.39, 0.29) is 12.2 Å². The van der Waals surface area contributed by atoms with E-state index >= 15 is 0 Å². The molecule has 3 heteroatoms. The van der Waals surface area contributed by atoms with Crippen molar-refractivity contribution in [1.29, 1.82) is 0 Å². The molecule has 3 fully saturated rings. The first kappa shape index (κ1) is 9.49. The van der Waals surface area contributed by atoms with Gasteiger partial charge in [-0.25, -0.2) is 4.79 Å². The van der Waals surface area contributed by atoms with Crippen LogP contribution in [0.25, 0.3) is 0 Å². The van der Waals surface area contributed by atoms with E-state index in [2.05, 4.69) is 5.32 Å². The Bertz CT molecular complexity index is 273. The summed E-state index contributed by atoms with van der Waals surface area (Å²) in [6.07, 6.45) is 3.98. The molecule has 3 aliphatic carbocycles. The lowest BCUT2D eigenvalue weighted by Gasteiger charge is -2.12. The molecule has 15 heavy (non-hydrogen) atoms. The van der Waals surface area contributed by atoms with Crippen molar-refractivity contribution in [1.82, 2.24) is 5.32 Å². The molecule has 0 radical (unpaired) electrons. The Hall–Kier alpha value is -0.730. The van der Waals surface area contributed by atoms with Crippen molar-refractivity contribution in [3.05, 3.63) is 0 Å². The van der Waals surface area contributed by atoms with Gasteiger partial charge in [-0.15, -0.1) is 0 Å². The number of carbonyl (C=O) groups excluding carboxylic acids is 1. The van der Waals surface area contributed by atoms with Crippen LogP contribution in [0, 0.1) is 23.7 Å².